The molecule has 4 rings (SSSR count). The van der Waals surface area contributed by atoms with Gasteiger partial charge in [-0.3, -0.25) is 0 Å². The summed E-state index contributed by atoms with van der Waals surface area (Å²) in [6.07, 6.45) is 2.32. The van der Waals surface area contributed by atoms with Crippen molar-refractivity contribution in [2.45, 2.75) is 51.4 Å². The molecule has 1 aromatic heterocycles. The molecule has 0 atom stereocenters. The second-order valence-corrected chi connectivity index (χ2v) is 8.53. The van der Waals surface area contributed by atoms with Crippen LogP contribution in [-0.2, 0) is 10.8 Å². The SMILES string of the molecule is CC1(C)CCC(C)(C)c2cc(-c3nc4ccc(C(=O)O)cc4o3)ccc21. The first-order valence-corrected chi connectivity index (χ1v) is 8.97. The van der Waals surface area contributed by atoms with Crippen molar-refractivity contribution >= 4 is 17.1 Å². The largest absolute Gasteiger partial charge is 0.478 e. The normalized spacial score (nSPS) is 17.8. The molecule has 0 spiro atoms. The van der Waals surface area contributed by atoms with Crippen LogP contribution in [0.3, 0.4) is 0 Å². The third-order valence-electron chi connectivity index (χ3n) is 5.74. The maximum absolute atomic E-state index is 11.2. The summed E-state index contributed by atoms with van der Waals surface area (Å²) in [5.74, 6) is -0.438. The van der Waals surface area contributed by atoms with Gasteiger partial charge in [-0.1, -0.05) is 33.8 Å². The molecule has 134 valence electrons. The minimum Gasteiger partial charge on any atom is -0.478 e. The lowest BCUT2D eigenvalue weighted by Gasteiger charge is -2.42. The zero-order valence-electron chi connectivity index (χ0n) is 15.6. The molecule has 1 heterocycles. The molecule has 4 nitrogen and oxygen atoms in total. The highest BCUT2D eigenvalue weighted by Gasteiger charge is 2.37. The van der Waals surface area contributed by atoms with Crippen molar-refractivity contribution in [2.24, 2.45) is 0 Å². The molecule has 0 fully saturated rings. The second kappa shape index (κ2) is 5.44. The van der Waals surface area contributed by atoms with Gasteiger partial charge in [0.25, 0.3) is 0 Å². The van der Waals surface area contributed by atoms with Gasteiger partial charge in [-0.2, -0.15) is 0 Å². The van der Waals surface area contributed by atoms with E-state index in [2.05, 4.69) is 50.9 Å². The fourth-order valence-corrected chi connectivity index (χ4v) is 3.90. The van der Waals surface area contributed by atoms with Crippen LogP contribution in [0.15, 0.2) is 40.8 Å². The molecule has 0 unspecified atom stereocenters. The van der Waals surface area contributed by atoms with Gasteiger partial charge in [0.15, 0.2) is 5.58 Å². The fourth-order valence-electron chi connectivity index (χ4n) is 3.90. The van der Waals surface area contributed by atoms with Gasteiger partial charge in [0.1, 0.15) is 5.52 Å². The van der Waals surface area contributed by atoms with Crippen LogP contribution < -0.4 is 0 Å². The lowest BCUT2D eigenvalue weighted by molar-refractivity contribution is 0.0697. The number of oxazole rings is 1. The third-order valence-corrected chi connectivity index (χ3v) is 5.74. The molecule has 1 N–H and O–H groups in total. The third kappa shape index (κ3) is 2.61. The smallest absolute Gasteiger partial charge is 0.335 e. The van der Waals surface area contributed by atoms with Gasteiger partial charge in [-0.25, -0.2) is 9.78 Å². The number of hydrogen-bond acceptors (Lipinski definition) is 3. The van der Waals surface area contributed by atoms with Crippen LogP contribution in [0.1, 0.15) is 62.0 Å². The van der Waals surface area contributed by atoms with Gasteiger partial charge in [0.2, 0.25) is 5.89 Å². The number of aromatic carboxylic acids is 1. The Labute approximate surface area is 152 Å². The summed E-state index contributed by atoms with van der Waals surface area (Å²) >= 11 is 0. The molecule has 0 saturated heterocycles. The molecule has 0 radical (unpaired) electrons. The molecule has 1 aliphatic carbocycles. The Morgan fingerprint density at radius 1 is 1.00 bits per heavy atom. The van der Waals surface area contributed by atoms with Gasteiger partial charge in [-0.15, -0.1) is 0 Å². The highest BCUT2D eigenvalue weighted by atomic mass is 16.4. The summed E-state index contributed by atoms with van der Waals surface area (Å²) < 4.78 is 5.88. The van der Waals surface area contributed by atoms with Crippen LogP contribution in [0.4, 0.5) is 0 Å². The van der Waals surface area contributed by atoms with E-state index in [9.17, 15) is 4.79 Å². The minimum absolute atomic E-state index is 0.114. The van der Waals surface area contributed by atoms with E-state index in [0.717, 1.165) is 12.0 Å². The van der Waals surface area contributed by atoms with Crippen molar-refractivity contribution in [3.63, 3.8) is 0 Å². The van der Waals surface area contributed by atoms with E-state index in [1.807, 2.05) is 0 Å². The number of benzene rings is 2. The number of hydrogen-bond donors (Lipinski definition) is 1. The Morgan fingerprint density at radius 3 is 2.38 bits per heavy atom. The number of nitrogens with zero attached hydrogens (tertiary/aromatic N) is 1. The molecule has 0 aliphatic heterocycles. The van der Waals surface area contributed by atoms with Gasteiger partial charge in [-0.05, 0) is 65.1 Å². The number of rotatable bonds is 2. The van der Waals surface area contributed by atoms with Gasteiger partial charge in [0, 0.05) is 5.56 Å². The Kier molecular flexibility index (Phi) is 3.52. The zero-order valence-corrected chi connectivity index (χ0v) is 15.6. The molecule has 0 saturated carbocycles. The van der Waals surface area contributed by atoms with Crippen LogP contribution in [0, 0.1) is 0 Å². The summed E-state index contributed by atoms with van der Waals surface area (Å²) in [6, 6.07) is 11.2. The number of aromatic nitrogens is 1. The standard InChI is InChI=1S/C22H23NO3/c1-21(2)9-10-22(3,4)16-11-13(5-7-15(16)21)19-23-17-8-6-14(20(24)25)12-18(17)26-19/h5-8,11-12H,9-10H2,1-4H3,(H,24,25). The Balaban J connectivity index is 1.84. The van der Waals surface area contributed by atoms with Crippen LogP contribution in [-0.4, -0.2) is 16.1 Å². The van der Waals surface area contributed by atoms with Gasteiger partial charge < -0.3 is 9.52 Å². The molecule has 3 aromatic rings. The average molecular weight is 349 g/mol. The second-order valence-electron chi connectivity index (χ2n) is 8.53. The summed E-state index contributed by atoms with van der Waals surface area (Å²) in [6.45, 7) is 9.17. The molecular weight excluding hydrogens is 326 g/mol. The van der Waals surface area contributed by atoms with Gasteiger partial charge in [0.05, 0.1) is 5.56 Å². The number of carbonyl (C=O) groups is 1. The summed E-state index contributed by atoms with van der Waals surface area (Å²) in [7, 11) is 0. The highest BCUT2D eigenvalue weighted by molar-refractivity contribution is 5.92. The average Bonchev–Trinajstić information content (AvgIpc) is 3.02. The number of carboxylic acids is 1. The van der Waals surface area contributed by atoms with Crippen molar-refractivity contribution < 1.29 is 14.3 Å². The number of carboxylic acid groups (broad SMARTS) is 1. The first kappa shape index (κ1) is 16.8. The fraction of sp³-hybridized carbons (Fsp3) is 0.364. The molecule has 4 heteroatoms. The molecule has 1 aliphatic rings. The first-order valence-electron chi connectivity index (χ1n) is 8.97. The van der Waals surface area contributed by atoms with Crippen LogP contribution in [0.5, 0.6) is 0 Å². The maximum atomic E-state index is 11.2. The van der Waals surface area contributed by atoms with E-state index in [1.165, 1.54) is 23.6 Å². The monoisotopic (exact) mass is 349 g/mol. The Hall–Kier alpha value is -2.62. The minimum atomic E-state index is -0.970. The topological polar surface area (TPSA) is 63.3 Å². The summed E-state index contributed by atoms with van der Waals surface area (Å²) in [5, 5.41) is 9.15. The summed E-state index contributed by atoms with van der Waals surface area (Å²) in [5.41, 5.74) is 5.32. The molecule has 26 heavy (non-hydrogen) atoms. The number of fused-ring (bicyclic) bond motifs is 2. The lowest BCUT2D eigenvalue weighted by Crippen LogP contribution is -2.33. The van der Waals surface area contributed by atoms with E-state index in [1.54, 1.807) is 12.1 Å². The van der Waals surface area contributed by atoms with E-state index >= 15 is 0 Å². The Morgan fingerprint density at radius 2 is 1.69 bits per heavy atom. The first-order chi connectivity index (χ1) is 12.2. The lowest BCUT2D eigenvalue weighted by atomic mass is 9.63. The van der Waals surface area contributed by atoms with E-state index in [4.69, 9.17) is 9.52 Å². The Bertz CT molecular complexity index is 1030. The van der Waals surface area contributed by atoms with Crippen LogP contribution >= 0.6 is 0 Å². The van der Waals surface area contributed by atoms with E-state index < -0.39 is 5.97 Å². The predicted molar refractivity (Wildman–Crippen MR) is 102 cm³/mol. The highest BCUT2D eigenvalue weighted by Crippen LogP contribution is 2.46. The molecule has 0 bridgehead atoms. The summed E-state index contributed by atoms with van der Waals surface area (Å²) in [4.78, 5) is 15.7. The van der Waals surface area contributed by atoms with Crippen molar-refractivity contribution in [1.82, 2.24) is 4.98 Å². The van der Waals surface area contributed by atoms with Crippen molar-refractivity contribution in [1.29, 1.82) is 0 Å². The van der Waals surface area contributed by atoms with Crippen molar-refractivity contribution in [3.05, 3.63) is 53.1 Å². The van der Waals surface area contributed by atoms with E-state index in [0.29, 0.717) is 17.0 Å². The van der Waals surface area contributed by atoms with Crippen LogP contribution in [0.25, 0.3) is 22.6 Å². The van der Waals surface area contributed by atoms with Crippen molar-refractivity contribution in [3.8, 4) is 11.5 Å². The predicted octanol–water partition coefficient (Wildman–Crippen LogP) is 5.54. The molecule has 2 aromatic carbocycles. The van der Waals surface area contributed by atoms with E-state index in [-0.39, 0.29) is 16.4 Å². The zero-order chi connectivity index (χ0) is 18.7. The quantitative estimate of drug-likeness (QED) is 0.659. The maximum Gasteiger partial charge on any atom is 0.335 e. The van der Waals surface area contributed by atoms with Crippen molar-refractivity contribution in [2.75, 3.05) is 0 Å². The van der Waals surface area contributed by atoms with Crippen LogP contribution in [0.2, 0.25) is 0 Å². The van der Waals surface area contributed by atoms with Gasteiger partial charge >= 0.3 is 5.97 Å². The molecular formula is C22H23NO3. The molecule has 0 amide bonds.